The summed E-state index contributed by atoms with van der Waals surface area (Å²) in [4.78, 5) is 9.98. The maximum absolute atomic E-state index is 11.6. The van der Waals surface area contributed by atoms with E-state index in [1.165, 1.54) is 10.8 Å². The van der Waals surface area contributed by atoms with Crippen LogP contribution in [0, 0.1) is 0 Å². The van der Waals surface area contributed by atoms with Gasteiger partial charge in [-0.15, -0.1) is 12.4 Å². The summed E-state index contributed by atoms with van der Waals surface area (Å²) in [5, 5.41) is 2.39. The van der Waals surface area contributed by atoms with E-state index in [0.29, 0.717) is 13.0 Å². The van der Waals surface area contributed by atoms with Gasteiger partial charge >= 0.3 is 0 Å². The minimum absolute atomic E-state index is 0. The highest BCUT2D eigenvalue weighted by Crippen LogP contribution is 2.30. The number of sulfonamides is 1. The molecule has 1 saturated heterocycles. The molecular weight excluding hydrogens is 456 g/mol. The van der Waals surface area contributed by atoms with E-state index < -0.39 is 10.0 Å². The van der Waals surface area contributed by atoms with Crippen LogP contribution in [0.1, 0.15) is 19.4 Å². The van der Waals surface area contributed by atoms with E-state index in [0.717, 1.165) is 55.4 Å². The zero-order chi connectivity index (χ0) is 22.6. The van der Waals surface area contributed by atoms with Crippen LogP contribution in [0.4, 0.5) is 5.82 Å². The number of nitrogens with one attached hydrogen (secondary N) is 1. The largest absolute Gasteiger partial charge is 0.354 e. The van der Waals surface area contributed by atoms with Gasteiger partial charge in [0.2, 0.25) is 10.0 Å². The molecule has 0 bridgehead atoms. The van der Waals surface area contributed by atoms with Gasteiger partial charge in [-0.25, -0.2) is 18.1 Å². The van der Waals surface area contributed by atoms with Crippen molar-refractivity contribution in [1.29, 1.82) is 0 Å². The summed E-state index contributed by atoms with van der Waals surface area (Å²) < 4.78 is 25.8. The summed E-state index contributed by atoms with van der Waals surface area (Å²) in [6.07, 6.45) is 0.664. The Hall–Kier alpha value is -2.19. The Kier molecular flexibility index (Phi) is 8.70. The molecule has 1 aliphatic heterocycles. The number of rotatable bonds is 8. The molecular formula is C25H33ClN4O2S. The summed E-state index contributed by atoms with van der Waals surface area (Å²) >= 11 is 0. The molecule has 8 heteroatoms. The zero-order valence-electron chi connectivity index (χ0n) is 19.3. The lowest BCUT2D eigenvalue weighted by Crippen LogP contribution is -2.46. The Morgan fingerprint density at radius 1 is 0.970 bits per heavy atom. The van der Waals surface area contributed by atoms with E-state index in [4.69, 9.17) is 4.98 Å². The third-order valence-electron chi connectivity index (χ3n) is 6.20. The van der Waals surface area contributed by atoms with Gasteiger partial charge in [0.05, 0.1) is 11.4 Å². The average molecular weight is 489 g/mol. The topological polar surface area (TPSA) is 65.5 Å². The first-order chi connectivity index (χ1) is 15.5. The fraction of sp³-hybridized carbons (Fsp3) is 0.400. The monoisotopic (exact) mass is 488 g/mol. The lowest BCUT2D eigenvalue weighted by Gasteiger charge is -2.35. The van der Waals surface area contributed by atoms with Gasteiger partial charge in [0.25, 0.3) is 0 Å². The molecule has 2 heterocycles. The van der Waals surface area contributed by atoms with Crippen molar-refractivity contribution < 1.29 is 8.42 Å². The van der Waals surface area contributed by atoms with Crippen molar-refractivity contribution in [2.75, 3.05) is 49.9 Å². The van der Waals surface area contributed by atoms with Crippen molar-refractivity contribution >= 4 is 39.0 Å². The smallest absolute Gasteiger partial charge is 0.211 e. The molecule has 0 radical (unpaired) electrons. The van der Waals surface area contributed by atoms with E-state index >= 15 is 0 Å². The van der Waals surface area contributed by atoms with Crippen LogP contribution in [0.15, 0.2) is 54.6 Å². The molecule has 1 fully saturated rings. The molecule has 2 aromatic carbocycles. The second-order valence-corrected chi connectivity index (χ2v) is 10.3. The van der Waals surface area contributed by atoms with Gasteiger partial charge in [0.1, 0.15) is 5.82 Å². The fourth-order valence-electron chi connectivity index (χ4n) is 4.14. The van der Waals surface area contributed by atoms with E-state index in [9.17, 15) is 8.42 Å². The number of nitrogens with zero attached hydrogens (tertiary/aromatic N) is 3. The maximum Gasteiger partial charge on any atom is 0.211 e. The standard InChI is InChI=1S/C25H32N4O2S.ClH/c1-3-28-15-17-29(18-16-28)25-23-8-6-5-7-22(23)19-24(27-25)21-11-9-20(10-12-21)13-14-26-32(30,31)4-2;/h5-12,19,26H,3-4,13-18H2,1-2H3;1H. The molecule has 0 spiro atoms. The van der Waals surface area contributed by atoms with Gasteiger partial charge in [-0.05, 0) is 36.9 Å². The van der Waals surface area contributed by atoms with Crippen molar-refractivity contribution in [3.8, 4) is 11.3 Å². The average Bonchev–Trinajstić information content (AvgIpc) is 2.84. The number of likely N-dealkylation sites (N-methyl/N-ethyl adjacent to an activating group) is 1. The summed E-state index contributed by atoms with van der Waals surface area (Å²) in [6.45, 7) is 9.46. The van der Waals surface area contributed by atoms with Gasteiger partial charge < -0.3 is 9.80 Å². The predicted molar refractivity (Wildman–Crippen MR) is 140 cm³/mol. The van der Waals surface area contributed by atoms with Crippen LogP contribution in [-0.4, -0.2) is 63.3 Å². The lowest BCUT2D eigenvalue weighted by molar-refractivity contribution is 0.271. The fourth-order valence-corrected chi connectivity index (χ4v) is 4.76. The van der Waals surface area contributed by atoms with Gasteiger partial charge in [-0.1, -0.05) is 55.5 Å². The molecule has 0 saturated carbocycles. The third kappa shape index (κ3) is 6.23. The molecule has 33 heavy (non-hydrogen) atoms. The van der Waals surface area contributed by atoms with Crippen molar-refractivity contribution in [2.24, 2.45) is 0 Å². The summed E-state index contributed by atoms with van der Waals surface area (Å²) in [6, 6.07) is 18.9. The van der Waals surface area contributed by atoms with Crippen LogP contribution in [0.25, 0.3) is 22.0 Å². The number of hydrogen-bond donors (Lipinski definition) is 1. The minimum atomic E-state index is -3.15. The van der Waals surface area contributed by atoms with E-state index in [2.05, 4.69) is 76.0 Å². The lowest BCUT2D eigenvalue weighted by atomic mass is 10.0. The summed E-state index contributed by atoms with van der Waals surface area (Å²) in [5.74, 6) is 1.17. The molecule has 0 amide bonds. The Morgan fingerprint density at radius 3 is 2.33 bits per heavy atom. The summed E-state index contributed by atoms with van der Waals surface area (Å²) in [7, 11) is -3.15. The Balaban J connectivity index is 0.00000306. The number of anilines is 1. The SMILES string of the molecule is CCN1CCN(c2nc(-c3ccc(CCNS(=O)(=O)CC)cc3)cc3ccccc23)CC1.Cl. The van der Waals surface area contributed by atoms with E-state index in [1.54, 1.807) is 6.92 Å². The normalized spacial score (nSPS) is 14.9. The van der Waals surface area contributed by atoms with Crippen molar-refractivity contribution in [3.05, 3.63) is 60.2 Å². The number of aromatic nitrogens is 1. The molecule has 3 aromatic rings. The van der Waals surface area contributed by atoms with Crippen LogP contribution in [-0.2, 0) is 16.4 Å². The molecule has 0 atom stereocenters. The van der Waals surface area contributed by atoms with E-state index in [-0.39, 0.29) is 18.2 Å². The van der Waals surface area contributed by atoms with Crippen molar-refractivity contribution in [3.63, 3.8) is 0 Å². The highest BCUT2D eigenvalue weighted by atomic mass is 35.5. The first kappa shape index (κ1) is 25.4. The molecule has 0 aliphatic carbocycles. The van der Waals surface area contributed by atoms with Crippen LogP contribution in [0.2, 0.25) is 0 Å². The molecule has 1 aliphatic rings. The van der Waals surface area contributed by atoms with Crippen LogP contribution < -0.4 is 9.62 Å². The van der Waals surface area contributed by atoms with Crippen LogP contribution >= 0.6 is 12.4 Å². The van der Waals surface area contributed by atoms with Gasteiger partial charge in [-0.2, -0.15) is 0 Å². The van der Waals surface area contributed by atoms with Crippen molar-refractivity contribution in [2.45, 2.75) is 20.3 Å². The number of benzene rings is 2. The zero-order valence-corrected chi connectivity index (χ0v) is 21.0. The maximum atomic E-state index is 11.6. The number of fused-ring (bicyclic) bond motifs is 1. The molecule has 1 N–H and O–H groups in total. The molecule has 1 aromatic heterocycles. The molecule has 178 valence electrons. The predicted octanol–water partition coefficient (Wildman–Crippen LogP) is 3.95. The second-order valence-electron chi connectivity index (χ2n) is 8.22. The Bertz CT molecular complexity index is 1160. The Morgan fingerprint density at radius 2 is 1.67 bits per heavy atom. The highest BCUT2D eigenvalue weighted by Gasteiger charge is 2.19. The second kappa shape index (κ2) is 11.3. The van der Waals surface area contributed by atoms with E-state index in [1.807, 2.05) is 0 Å². The van der Waals surface area contributed by atoms with Gasteiger partial charge in [-0.3, -0.25) is 0 Å². The van der Waals surface area contributed by atoms with Gasteiger partial charge in [0, 0.05) is 43.7 Å². The molecule has 4 rings (SSSR count). The first-order valence-corrected chi connectivity index (χ1v) is 13.1. The number of piperazine rings is 1. The quantitative estimate of drug-likeness (QED) is 0.520. The minimum Gasteiger partial charge on any atom is -0.354 e. The molecule has 0 unspecified atom stereocenters. The first-order valence-electron chi connectivity index (χ1n) is 11.4. The number of pyridine rings is 1. The van der Waals surface area contributed by atoms with Gasteiger partial charge in [0.15, 0.2) is 0 Å². The molecule has 6 nitrogen and oxygen atoms in total. The highest BCUT2D eigenvalue weighted by molar-refractivity contribution is 7.89. The third-order valence-corrected chi connectivity index (χ3v) is 7.61. The number of halogens is 1. The number of hydrogen-bond acceptors (Lipinski definition) is 5. The van der Waals surface area contributed by atoms with Crippen LogP contribution in [0.3, 0.4) is 0 Å². The summed E-state index contributed by atoms with van der Waals surface area (Å²) in [5.41, 5.74) is 3.14. The van der Waals surface area contributed by atoms with Crippen LogP contribution in [0.5, 0.6) is 0 Å². The Labute approximate surface area is 203 Å². The van der Waals surface area contributed by atoms with Crippen molar-refractivity contribution in [1.82, 2.24) is 14.6 Å².